The molecule has 2 rings (SSSR count). The van der Waals surface area contributed by atoms with Crippen molar-refractivity contribution in [2.24, 2.45) is 5.73 Å². The largest absolute Gasteiger partial charge is 0.468 e. The zero-order valence-electron chi connectivity index (χ0n) is 10.2. The zero-order valence-corrected chi connectivity index (χ0v) is 12.5. The van der Waals surface area contributed by atoms with Gasteiger partial charge in [-0.3, -0.25) is 9.78 Å². The van der Waals surface area contributed by atoms with Crippen LogP contribution in [0.4, 0.5) is 0 Å². The first kappa shape index (κ1) is 14.2. The maximum atomic E-state index is 11.4. The topological polar surface area (TPSA) is 65.2 Å². The van der Waals surface area contributed by atoms with E-state index in [1.54, 1.807) is 12.3 Å². The molecule has 1 aromatic heterocycles. The van der Waals surface area contributed by atoms with Gasteiger partial charge in [-0.05, 0) is 17.7 Å². The molecule has 1 atom stereocenters. The number of pyridine rings is 1. The lowest BCUT2D eigenvalue weighted by Gasteiger charge is -2.12. The van der Waals surface area contributed by atoms with E-state index in [0.717, 1.165) is 20.9 Å². The van der Waals surface area contributed by atoms with Crippen LogP contribution in [0.1, 0.15) is 5.56 Å². The molecule has 2 aromatic rings. The van der Waals surface area contributed by atoms with Gasteiger partial charge in [-0.15, -0.1) is 0 Å². The third-order valence-electron chi connectivity index (χ3n) is 2.82. The number of halogens is 2. The number of esters is 1. The van der Waals surface area contributed by atoms with Crippen LogP contribution in [0.2, 0.25) is 5.02 Å². The highest BCUT2D eigenvalue weighted by Gasteiger charge is 2.17. The van der Waals surface area contributed by atoms with Crippen molar-refractivity contribution < 1.29 is 9.53 Å². The maximum Gasteiger partial charge on any atom is 0.322 e. The molecule has 0 spiro atoms. The van der Waals surface area contributed by atoms with Gasteiger partial charge in [-0.2, -0.15) is 0 Å². The third kappa shape index (κ3) is 2.88. The number of ether oxygens (including phenoxy) is 1. The van der Waals surface area contributed by atoms with E-state index in [2.05, 4.69) is 25.7 Å². The van der Waals surface area contributed by atoms with Gasteiger partial charge >= 0.3 is 5.97 Å². The predicted octanol–water partition coefficient (Wildman–Crippen LogP) is 2.69. The third-order valence-corrected chi connectivity index (χ3v) is 3.79. The van der Waals surface area contributed by atoms with Crippen molar-refractivity contribution in [2.45, 2.75) is 12.5 Å². The Morgan fingerprint density at radius 2 is 2.26 bits per heavy atom. The molecular formula is C13H12BrClN2O2. The van der Waals surface area contributed by atoms with E-state index in [0.29, 0.717) is 11.4 Å². The molecule has 2 N–H and O–H groups in total. The molecule has 4 nitrogen and oxygen atoms in total. The Balaban J connectivity index is 2.48. The van der Waals surface area contributed by atoms with Gasteiger partial charge in [0.15, 0.2) is 0 Å². The number of methoxy groups -OCH3 is 1. The molecule has 19 heavy (non-hydrogen) atoms. The van der Waals surface area contributed by atoms with Gasteiger partial charge in [0.05, 0.1) is 17.6 Å². The Kier molecular flexibility index (Phi) is 4.39. The van der Waals surface area contributed by atoms with Crippen LogP contribution in [-0.4, -0.2) is 24.1 Å². The Bertz CT molecular complexity index is 625. The molecule has 6 heteroatoms. The smallest absolute Gasteiger partial charge is 0.322 e. The molecule has 0 radical (unpaired) electrons. The van der Waals surface area contributed by atoms with Crippen LogP contribution in [-0.2, 0) is 16.0 Å². The van der Waals surface area contributed by atoms with Crippen molar-refractivity contribution in [2.75, 3.05) is 7.11 Å². The lowest BCUT2D eigenvalue weighted by atomic mass is 10.0. The van der Waals surface area contributed by atoms with Crippen LogP contribution in [0.3, 0.4) is 0 Å². The standard InChI is InChI=1S/C13H12BrClN2O2/c1-19-13(18)10(16)6-7-2-3-8(14)11-9(15)4-5-17-12(7)11/h2-5,10H,6,16H2,1H3/t10-/m0/s1. The number of rotatable bonds is 3. The molecule has 0 saturated carbocycles. The molecule has 100 valence electrons. The highest BCUT2D eigenvalue weighted by molar-refractivity contribution is 9.10. The molecule has 0 aliphatic rings. The molecule has 1 aromatic carbocycles. The molecule has 0 saturated heterocycles. The number of hydrogen-bond acceptors (Lipinski definition) is 4. The summed E-state index contributed by atoms with van der Waals surface area (Å²) in [4.78, 5) is 15.7. The minimum atomic E-state index is -0.713. The monoisotopic (exact) mass is 342 g/mol. The van der Waals surface area contributed by atoms with E-state index in [-0.39, 0.29) is 0 Å². The molecule has 0 aliphatic heterocycles. The summed E-state index contributed by atoms with van der Waals surface area (Å²) in [5, 5.41) is 1.42. The maximum absolute atomic E-state index is 11.4. The van der Waals surface area contributed by atoms with E-state index in [1.165, 1.54) is 7.11 Å². The normalized spacial score (nSPS) is 12.4. The first-order valence-electron chi connectivity index (χ1n) is 5.59. The molecule has 0 fully saturated rings. The second kappa shape index (κ2) is 5.86. The summed E-state index contributed by atoms with van der Waals surface area (Å²) in [5.74, 6) is -0.446. The van der Waals surface area contributed by atoms with Crippen molar-refractivity contribution in [1.29, 1.82) is 0 Å². The second-order valence-corrected chi connectivity index (χ2v) is 5.32. The van der Waals surface area contributed by atoms with E-state index < -0.39 is 12.0 Å². The van der Waals surface area contributed by atoms with Crippen LogP contribution in [0.25, 0.3) is 10.9 Å². The van der Waals surface area contributed by atoms with Crippen LogP contribution >= 0.6 is 27.5 Å². The number of hydrogen-bond donors (Lipinski definition) is 1. The van der Waals surface area contributed by atoms with Gasteiger partial charge in [-0.1, -0.05) is 33.6 Å². The van der Waals surface area contributed by atoms with Gasteiger partial charge < -0.3 is 10.5 Å². The molecule has 0 bridgehead atoms. The lowest BCUT2D eigenvalue weighted by Crippen LogP contribution is -2.33. The molecule has 0 aliphatic carbocycles. The summed E-state index contributed by atoms with van der Waals surface area (Å²) in [5.41, 5.74) is 7.38. The minimum Gasteiger partial charge on any atom is -0.468 e. The SMILES string of the molecule is COC(=O)[C@@H](N)Cc1ccc(Br)c2c(Cl)ccnc12. The molecule has 0 unspecified atom stereocenters. The average Bonchev–Trinajstić information content (AvgIpc) is 2.41. The predicted molar refractivity (Wildman–Crippen MR) is 78.1 cm³/mol. The molecular weight excluding hydrogens is 332 g/mol. The van der Waals surface area contributed by atoms with E-state index in [4.69, 9.17) is 17.3 Å². The van der Waals surface area contributed by atoms with Crippen molar-refractivity contribution in [3.8, 4) is 0 Å². The number of benzene rings is 1. The fraction of sp³-hybridized carbons (Fsp3) is 0.231. The van der Waals surface area contributed by atoms with Gasteiger partial charge in [0.25, 0.3) is 0 Å². The highest BCUT2D eigenvalue weighted by Crippen LogP contribution is 2.31. The van der Waals surface area contributed by atoms with E-state index in [9.17, 15) is 4.79 Å². The number of nitrogens with two attached hydrogens (primary N) is 1. The number of carbonyl (C=O) groups excluding carboxylic acids is 1. The molecule has 1 heterocycles. The average molecular weight is 344 g/mol. The number of nitrogens with zero attached hydrogens (tertiary/aromatic N) is 1. The summed E-state index contributed by atoms with van der Waals surface area (Å²) >= 11 is 9.61. The van der Waals surface area contributed by atoms with Gasteiger partial charge in [0, 0.05) is 22.5 Å². The number of fused-ring (bicyclic) bond motifs is 1. The van der Waals surface area contributed by atoms with Crippen LogP contribution in [0.5, 0.6) is 0 Å². The van der Waals surface area contributed by atoms with Crippen molar-refractivity contribution in [3.05, 3.63) is 39.5 Å². The zero-order chi connectivity index (χ0) is 14.0. The summed E-state index contributed by atoms with van der Waals surface area (Å²) in [6, 6.07) is 4.75. The van der Waals surface area contributed by atoms with Gasteiger partial charge in [0.2, 0.25) is 0 Å². The first-order chi connectivity index (χ1) is 9.04. The Morgan fingerprint density at radius 3 is 2.95 bits per heavy atom. The summed E-state index contributed by atoms with van der Waals surface area (Å²) in [7, 11) is 1.32. The fourth-order valence-electron chi connectivity index (χ4n) is 1.88. The van der Waals surface area contributed by atoms with Gasteiger partial charge in [0.1, 0.15) is 6.04 Å². The fourth-order valence-corrected chi connectivity index (χ4v) is 2.78. The Morgan fingerprint density at radius 1 is 1.53 bits per heavy atom. The summed E-state index contributed by atoms with van der Waals surface area (Å²) < 4.78 is 5.48. The second-order valence-electron chi connectivity index (χ2n) is 4.06. The summed E-state index contributed by atoms with van der Waals surface area (Å²) in [6.07, 6.45) is 1.98. The highest BCUT2D eigenvalue weighted by atomic mass is 79.9. The van der Waals surface area contributed by atoms with Crippen molar-refractivity contribution in [1.82, 2.24) is 4.98 Å². The molecule has 0 amide bonds. The van der Waals surface area contributed by atoms with Crippen LogP contribution < -0.4 is 5.73 Å². The van der Waals surface area contributed by atoms with Crippen molar-refractivity contribution >= 4 is 44.4 Å². The lowest BCUT2D eigenvalue weighted by molar-refractivity contribution is -0.142. The Labute approximate surface area is 124 Å². The summed E-state index contributed by atoms with van der Waals surface area (Å²) in [6.45, 7) is 0. The first-order valence-corrected chi connectivity index (χ1v) is 6.76. The van der Waals surface area contributed by atoms with Crippen molar-refractivity contribution in [3.63, 3.8) is 0 Å². The van der Waals surface area contributed by atoms with E-state index in [1.807, 2.05) is 12.1 Å². The van der Waals surface area contributed by atoms with Crippen LogP contribution in [0.15, 0.2) is 28.9 Å². The van der Waals surface area contributed by atoms with E-state index >= 15 is 0 Å². The number of carbonyl (C=O) groups is 1. The van der Waals surface area contributed by atoms with Crippen LogP contribution in [0, 0.1) is 0 Å². The minimum absolute atomic E-state index is 0.351. The van der Waals surface area contributed by atoms with Gasteiger partial charge in [-0.25, -0.2) is 0 Å². The quantitative estimate of drug-likeness (QED) is 0.870. The Hall–Kier alpha value is -1.17. The number of aromatic nitrogens is 1.